The van der Waals surface area contributed by atoms with Gasteiger partial charge < -0.3 is 23.5 Å². The van der Waals surface area contributed by atoms with E-state index >= 15 is 0 Å². The van der Waals surface area contributed by atoms with Gasteiger partial charge in [-0.3, -0.25) is 0 Å². The van der Waals surface area contributed by atoms with Crippen LogP contribution in [0, 0.1) is 0 Å². The summed E-state index contributed by atoms with van der Waals surface area (Å²) in [6, 6.07) is 33.0. The second-order valence-corrected chi connectivity index (χ2v) is 11.0. The van der Waals surface area contributed by atoms with Crippen LogP contribution >= 0.6 is 0 Å². The van der Waals surface area contributed by atoms with Crippen molar-refractivity contribution >= 4 is 22.1 Å². The van der Waals surface area contributed by atoms with Gasteiger partial charge in [-0.1, -0.05) is 50.3 Å². The Hall–Kier alpha value is -4.88. The van der Waals surface area contributed by atoms with E-state index in [2.05, 4.69) is 113 Å². The molecule has 0 aliphatic carbocycles. The molecule has 0 aliphatic rings. The summed E-state index contributed by atoms with van der Waals surface area (Å²) >= 11 is 0. The van der Waals surface area contributed by atoms with E-state index in [0.717, 1.165) is 82.4 Å². The zero-order valence-corrected chi connectivity index (χ0v) is 26.4. The van der Waals surface area contributed by atoms with Gasteiger partial charge in [-0.2, -0.15) is 0 Å². The number of benzene rings is 4. The van der Waals surface area contributed by atoms with Gasteiger partial charge in [0, 0.05) is 30.8 Å². The number of hydrogen-bond acceptors (Lipinski definition) is 5. The molecule has 0 spiro atoms. The first kappa shape index (κ1) is 30.2. The number of rotatable bonds is 14. The number of hydrogen-bond donors (Lipinski definition) is 0. The Bertz CT molecular complexity index is 1870. The molecule has 2 heterocycles. The van der Waals surface area contributed by atoms with Gasteiger partial charge in [0.1, 0.15) is 23.1 Å². The van der Waals surface area contributed by atoms with Crippen LogP contribution < -0.4 is 9.47 Å². The van der Waals surface area contributed by atoms with Gasteiger partial charge in [-0.15, -0.1) is 0 Å². The summed E-state index contributed by atoms with van der Waals surface area (Å²) in [5, 5.41) is 0. The van der Waals surface area contributed by atoms with Crippen molar-refractivity contribution in [2.75, 3.05) is 33.4 Å². The molecule has 0 unspecified atom stereocenters. The van der Waals surface area contributed by atoms with E-state index in [1.807, 2.05) is 24.3 Å². The largest absolute Gasteiger partial charge is 0.497 e. The van der Waals surface area contributed by atoms with Crippen molar-refractivity contribution in [1.82, 2.24) is 24.0 Å². The van der Waals surface area contributed by atoms with Crippen LogP contribution in [0.4, 0.5) is 0 Å². The second kappa shape index (κ2) is 14.3. The predicted molar refractivity (Wildman–Crippen MR) is 184 cm³/mol. The minimum atomic E-state index is 0.698. The Morgan fingerprint density at radius 1 is 0.644 bits per heavy atom. The molecule has 230 valence electrons. The standard InChI is InChI=1S/C38H41N5O2/c1-4-41(5-2)25-12-28-45-32-23-19-30(20-24-32)38-40-34-14-7-9-16-36(34)43(38)27-11-10-26-42-35-15-8-6-13-33(35)39-37(42)29-17-21-31(44-3)22-18-29/h6-11,13-24H,4-5,12,25-28H2,1-3H3/b11-10+. The van der Waals surface area contributed by atoms with Crippen LogP contribution in [0.1, 0.15) is 20.3 Å². The molecule has 0 saturated carbocycles. The van der Waals surface area contributed by atoms with E-state index < -0.39 is 0 Å². The van der Waals surface area contributed by atoms with Gasteiger partial charge in [0.2, 0.25) is 0 Å². The van der Waals surface area contributed by atoms with E-state index in [4.69, 9.17) is 19.4 Å². The van der Waals surface area contributed by atoms with Gasteiger partial charge in [-0.25, -0.2) is 9.97 Å². The normalized spacial score (nSPS) is 11.7. The van der Waals surface area contributed by atoms with Crippen molar-refractivity contribution in [3.8, 4) is 34.3 Å². The highest BCUT2D eigenvalue weighted by molar-refractivity contribution is 5.81. The Morgan fingerprint density at radius 2 is 1.13 bits per heavy atom. The summed E-state index contributed by atoms with van der Waals surface area (Å²) in [7, 11) is 1.68. The summed E-state index contributed by atoms with van der Waals surface area (Å²) in [6.45, 7) is 9.72. The first-order valence-corrected chi connectivity index (χ1v) is 15.8. The maximum Gasteiger partial charge on any atom is 0.141 e. The second-order valence-electron chi connectivity index (χ2n) is 11.0. The smallest absolute Gasteiger partial charge is 0.141 e. The van der Waals surface area contributed by atoms with Crippen LogP contribution in [0.15, 0.2) is 109 Å². The Kier molecular flexibility index (Phi) is 9.56. The van der Waals surface area contributed by atoms with Crippen molar-refractivity contribution in [1.29, 1.82) is 0 Å². The third-order valence-electron chi connectivity index (χ3n) is 8.29. The van der Waals surface area contributed by atoms with Crippen LogP contribution in [0.3, 0.4) is 0 Å². The average Bonchev–Trinajstić information content (AvgIpc) is 3.65. The molecule has 0 aliphatic heterocycles. The molecule has 6 aromatic rings. The molecule has 45 heavy (non-hydrogen) atoms. The zero-order valence-electron chi connectivity index (χ0n) is 26.4. The highest BCUT2D eigenvalue weighted by Crippen LogP contribution is 2.28. The highest BCUT2D eigenvalue weighted by atomic mass is 16.5. The maximum atomic E-state index is 6.05. The zero-order chi connectivity index (χ0) is 31.0. The van der Waals surface area contributed by atoms with Gasteiger partial charge in [0.05, 0.1) is 35.8 Å². The molecular formula is C38H41N5O2. The summed E-state index contributed by atoms with van der Waals surface area (Å²) in [6.07, 6.45) is 5.45. The fourth-order valence-electron chi connectivity index (χ4n) is 5.78. The minimum Gasteiger partial charge on any atom is -0.497 e. The lowest BCUT2D eigenvalue weighted by atomic mass is 10.2. The third-order valence-corrected chi connectivity index (χ3v) is 8.29. The summed E-state index contributed by atoms with van der Waals surface area (Å²) in [5.41, 5.74) is 6.31. The Balaban J connectivity index is 1.20. The molecule has 0 radical (unpaired) electrons. The van der Waals surface area contributed by atoms with Gasteiger partial charge >= 0.3 is 0 Å². The number of imidazole rings is 2. The lowest BCUT2D eigenvalue weighted by Crippen LogP contribution is -2.25. The molecule has 6 rings (SSSR count). The molecule has 0 bridgehead atoms. The number of allylic oxidation sites excluding steroid dienone is 2. The Labute approximate surface area is 265 Å². The molecule has 0 amide bonds. The van der Waals surface area contributed by atoms with Gasteiger partial charge in [-0.05, 0) is 92.3 Å². The van der Waals surface area contributed by atoms with E-state index in [9.17, 15) is 0 Å². The molecule has 0 saturated heterocycles. The third kappa shape index (κ3) is 6.79. The Morgan fingerprint density at radius 3 is 1.62 bits per heavy atom. The van der Waals surface area contributed by atoms with Gasteiger partial charge in [0.15, 0.2) is 0 Å². The van der Waals surface area contributed by atoms with E-state index in [1.54, 1.807) is 7.11 Å². The lowest BCUT2D eigenvalue weighted by Gasteiger charge is -2.17. The maximum absolute atomic E-state index is 6.05. The fourth-order valence-corrected chi connectivity index (χ4v) is 5.78. The summed E-state index contributed by atoms with van der Waals surface area (Å²) < 4.78 is 16.0. The number of ether oxygens (including phenoxy) is 2. The number of methoxy groups -OCH3 is 1. The van der Waals surface area contributed by atoms with Crippen LogP contribution in [-0.4, -0.2) is 57.4 Å². The molecule has 0 atom stereocenters. The SMILES string of the molecule is CCN(CC)CCCOc1ccc(-c2nc3ccccc3n2C/C=C/Cn2c(-c3ccc(OC)cc3)nc3ccccc32)cc1. The molecular weight excluding hydrogens is 558 g/mol. The minimum absolute atomic E-state index is 0.698. The van der Waals surface area contributed by atoms with Crippen molar-refractivity contribution in [2.24, 2.45) is 0 Å². The average molecular weight is 600 g/mol. The fraction of sp³-hybridized carbons (Fsp3) is 0.263. The van der Waals surface area contributed by atoms with Crippen molar-refractivity contribution in [2.45, 2.75) is 33.4 Å². The number of fused-ring (bicyclic) bond motifs is 2. The van der Waals surface area contributed by atoms with E-state index in [-0.39, 0.29) is 0 Å². The van der Waals surface area contributed by atoms with Crippen molar-refractivity contribution in [3.05, 3.63) is 109 Å². The van der Waals surface area contributed by atoms with Crippen molar-refractivity contribution in [3.63, 3.8) is 0 Å². The summed E-state index contributed by atoms with van der Waals surface area (Å²) in [4.78, 5) is 12.4. The molecule has 0 N–H and O–H groups in total. The number of para-hydroxylation sites is 4. The van der Waals surface area contributed by atoms with Crippen LogP contribution in [-0.2, 0) is 13.1 Å². The quantitative estimate of drug-likeness (QED) is 0.0936. The van der Waals surface area contributed by atoms with E-state index in [1.165, 1.54) is 0 Å². The van der Waals surface area contributed by atoms with Gasteiger partial charge in [0.25, 0.3) is 0 Å². The summed E-state index contributed by atoms with van der Waals surface area (Å²) in [5.74, 6) is 3.60. The van der Waals surface area contributed by atoms with E-state index in [0.29, 0.717) is 19.7 Å². The molecule has 4 aromatic carbocycles. The molecule has 0 fully saturated rings. The number of aromatic nitrogens is 4. The molecule has 7 nitrogen and oxygen atoms in total. The first-order valence-electron chi connectivity index (χ1n) is 15.8. The molecule has 2 aromatic heterocycles. The van der Waals surface area contributed by atoms with Crippen LogP contribution in [0.25, 0.3) is 44.8 Å². The lowest BCUT2D eigenvalue weighted by molar-refractivity contribution is 0.249. The monoisotopic (exact) mass is 599 g/mol. The first-order chi connectivity index (χ1) is 22.2. The number of nitrogens with zero attached hydrogens (tertiary/aromatic N) is 5. The predicted octanol–water partition coefficient (Wildman–Crippen LogP) is 8.10. The molecule has 7 heteroatoms. The topological polar surface area (TPSA) is 57.3 Å². The van der Waals surface area contributed by atoms with Crippen LogP contribution in [0.2, 0.25) is 0 Å². The highest BCUT2D eigenvalue weighted by Gasteiger charge is 2.14. The van der Waals surface area contributed by atoms with Crippen molar-refractivity contribution < 1.29 is 9.47 Å². The van der Waals surface area contributed by atoms with Crippen LogP contribution in [0.5, 0.6) is 11.5 Å².